The highest BCUT2D eigenvalue weighted by Gasteiger charge is 2.31. The Balaban J connectivity index is 1.36. The second-order valence-electron chi connectivity index (χ2n) is 10.1. The van der Waals surface area contributed by atoms with Gasteiger partial charge in [0.25, 0.3) is 11.1 Å². The summed E-state index contributed by atoms with van der Waals surface area (Å²) in [4.78, 5) is 28.2. The Bertz CT molecular complexity index is 1750. The maximum absolute atomic E-state index is 15.2. The van der Waals surface area contributed by atoms with Crippen LogP contribution in [0.25, 0.3) is 11.8 Å². The van der Waals surface area contributed by atoms with Crippen LogP contribution in [0, 0.1) is 24.4 Å². The third kappa shape index (κ3) is 5.63. The molecule has 214 valence electrons. The summed E-state index contributed by atoms with van der Waals surface area (Å²) in [6.07, 6.45) is 3.83. The van der Waals surface area contributed by atoms with E-state index >= 15 is 8.78 Å². The highest BCUT2D eigenvalue weighted by Crippen LogP contribution is 2.42. The van der Waals surface area contributed by atoms with Gasteiger partial charge in [-0.2, -0.15) is 0 Å². The molecule has 5 nitrogen and oxygen atoms in total. The van der Waals surface area contributed by atoms with Crippen molar-refractivity contribution in [1.29, 1.82) is 0 Å². The van der Waals surface area contributed by atoms with Crippen molar-refractivity contribution in [2.75, 3.05) is 0 Å². The molecule has 1 aromatic heterocycles. The van der Waals surface area contributed by atoms with Crippen molar-refractivity contribution < 1.29 is 22.8 Å². The molecule has 1 aliphatic heterocycles. The van der Waals surface area contributed by atoms with Gasteiger partial charge >= 0.3 is 0 Å². The van der Waals surface area contributed by atoms with Crippen LogP contribution >= 0.6 is 35.1 Å². The molecule has 1 fully saturated rings. The summed E-state index contributed by atoms with van der Waals surface area (Å²) in [6.45, 7) is 1.96. The number of aromatic nitrogens is 2. The lowest BCUT2D eigenvalue weighted by Crippen LogP contribution is -2.17. The summed E-state index contributed by atoms with van der Waals surface area (Å²) >= 11 is 8.17. The number of nitrogens with one attached hydrogen (secondary N) is 1. The molecule has 0 bridgehead atoms. The number of hydrogen-bond acceptors (Lipinski definition) is 5. The molecule has 0 spiro atoms. The first-order valence-corrected chi connectivity index (χ1v) is 15.3. The van der Waals surface area contributed by atoms with Gasteiger partial charge in [0.1, 0.15) is 17.5 Å². The molecule has 6 rings (SSSR count). The summed E-state index contributed by atoms with van der Waals surface area (Å²) in [5.74, 6) is -2.57. The van der Waals surface area contributed by atoms with E-state index in [-0.39, 0.29) is 33.5 Å². The van der Waals surface area contributed by atoms with Gasteiger partial charge in [-0.05, 0) is 103 Å². The number of rotatable bonds is 6. The fraction of sp³-hybridized carbons (Fsp3) is 0.194. The number of amides is 2. The van der Waals surface area contributed by atoms with E-state index in [0.29, 0.717) is 27.6 Å². The summed E-state index contributed by atoms with van der Waals surface area (Å²) in [5, 5.41) is 2.81. The lowest BCUT2D eigenvalue weighted by molar-refractivity contribution is -0.115. The lowest BCUT2D eigenvalue weighted by Gasteiger charge is -2.25. The smallest absolute Gasteiger partial charge is 0.290 e. The SMILES string of the molecule is Cc1cc(C2CCCc3nc(SCc4c(F)cc(/C=C5\SC(=O)NC5=O)cc4F)n(-c4ccc(F)cc4)c32)ccc1Cl. The number of carbonyl (C=O) groups is 2. The number of hydrogen-bond donors (Lipinski definition) is 1. The van der Waals surface area contributed by atoms with Crippen LogP contribution in [0.15, 0.2) is 64.7 Å². The first kappa shape index (κ1) is 28.6. The molecular weight excluding hydrogens is 603 g/mol. The molecule has 1 N–H and O–H groups in total. The van der Waals surface area contributed by atoms with E-state index in [1.807, 2.05) is 23.6 Å². The van der Waals surface area contributed by atoms with Crippen LogP contribution in [0.2, 0.25) is 5.02 Å². The molecule has 1 atom stereocenters. The molecular formula is C31H23ClF3N3O2S2. The van der Waals surface area contributed by atoms with Crippen LogP contribution in [0.1, 0.15) is 52.4 Å². The van der Waals surface area contributed by atoms with E-state index in [2.05, 4.69) is 11.4 Å². The zero-order chi connectivity index (χ0) is 29.5. The highest BCUT2D eigenvalue weighted by molar-refractivity contribution is 8.18. The number of fused-ring (bicyclic) bond motifs is 1. The van der Waals surface area contributed by atoms with Gasteiger partial charge in [-0.25, -0.2) is 18.2 Å². The second-order valence-corrected chi connectivity index (χ2v) is 12.5. The van der Waals surface area contributed by atoms with Crippen molar-refractivity contribution in [2.45, 2.75) is 43.0 Å². The number of imide groups is 1. The summed E-state index contributed by atoms with van der Waals surface area (Å²) in [6, 6.07) is 14.3. The van der Waals surface area contributed by atoms with Crippen molar-refractivity contribution in [3.8, 4) is 5.69 Å². The van der Waals surface area contributed by atoms with E-state index in [1.54, 1.807) is 12.1 Å². The van der Waals surface area contributed by atoms with E-state index in [0.717, 1.165) is 53.9 Å². The van der Waals surface area contributed by atoms with E-state index < -0.39 is 22.8 Å². The second kappa shape index (κ2) is 11.7. The summed E-state index contributed by atoms with van der Waals surface area (Å²) < 4.78 is 46.2. The average Bonchev–Trinajstić information content (AvgIpc) is 3.48. The van der Waals surface area contributed by atoms with Gasteiger partial charge < -0.3 is 0 Å². The number of thioether (sulfide) groups is 2. The standard InChI is InChI=1S/C31H23ClF3N3O2S2/c1-16-11-18(5-10-23(16)32)21-3-2-4-26-28(21)38(20-8-6-19(33)7-9-20)30(36-26)41-15-22-24(34)12-17(13-25(22)35)14-27-29(39)37-31(40)42-27/h5-14,21H,2-4,15H2,1H3,(H,37,39,40)/b27-14-. The maximum atomic E-state index is 15.2. The van der Waals surface area contributed by atoms with Crippen molar-refractivity contribution in [3.05, 3.63) is 116 Å². The average molecular weight is 626 g/mol. The van der Waals surface area contributed by atoms with Crippen molar-refractivity contribution in [1.82, 2.24) is 14.9 Å². The van der Waals surface area contributed by atoms with E-state index in [9.17, 15) is 14.0 Å². The Labute approximate surface area is 253 Å². The molecule has 11 heteroatoms. The Morgan fingerprint density at radius 1 is 1.10 bits per heavy atom. The Morgan fingerprint density at radius 3 is 2.50 bits per heavy atom. The Morgan fingerprint density at radius 2 is 1.83 bits per heavy atom. The van der Waals surface area contributed by atoms with Crippen molar-refractivity contribution in [3.63, 3.8) is 0 Å². The van der Waals surface area contributed by atoms with Gasteiger partial charge in [-0.15, -0.1) is 0 Å². The summed E-state index contributed by atoms with van der Waals surface area (Å²) in [5.41, 5.74) is 4.63. The first-order valence-electron chi connectivity index (χ1n) is 13.2. The molecule has 2 heterocycles. The number of nitrogens with zero attached hydrogens (tertiary/aromatic N) is 2. The van der Waals surface area contributed by atoms with Gasteiger partial charge in [0, 0.05) is 27.9 Å². The number of imidazole rings is 1. The van der Waals surface area contributed by atoms with Crippen molar-refractivity contribution >= 4 is 52.3 Å². The minimum Gasteiger partial charge on any atom is -0.291 e. The van der Waals surface area contributed by atoms with Gasteiger partial charge in [0.05, 0.1) is 16.3 Å². The predicted molar refractivity (Wildman–Crippen MR) is 160 cm³/mol. The zero-order valence-corrected chi connectivity index (χ0v) is 24.6. The Hall–Kier alpha value is -3.47. The monoisotopic (exact) mass is 625 g/mol. The minimum absolute atomic E-state index is 0.00921. The minimum atomic E-state index is -0.775. The van der Waals surface area contributed by atoms with Gasteiger partial charge in [0.2, 0.25) is 0 Å². The van der Waals surface area contributed by atoms with Crippen LogP contribution in [-0.2, 0) is 17.0 Å². The fourth-order valence-electron chi connectivity index (χ4n) is 5.30. The molecule has 1 aliphatic carbocycles. The molecule has 4 aromatic rings. The van der Waals surface area contributed by atoms with Gasteiger partial charge in [0.15, 0.2) is 5.16 Å². The van der Waals surface area contributed by atoms with E-state index in [4.69, 9.17) is 16.6 Å². The number of halogens is 4. The fourth-order valence-corrected chi connectivity index (χ4v) is 7.16. The number of benzene rings is 3. The van der Waals surface area contributed by atoms with Crippen LogP contribution in [0.3, 0.4) is 0 Å². The molecule has 1 unspecified atom stereocenters. The van der Waals surface area contributed by atoms with Crippen LogP contribution in [0.5, 0.6) is 0 Å². The van der Waals surface area contributed by atoms with Crippen LogP contribution < -0.4 is 5.32 Å². The summed E-state index contributed by atoms with van der Waals surface area (Å²) in [7, 11) is 0. The molecule has 0 saturated carbocycles. The molecule has 42 heavy (non-hydrogen) atoms. The van der Waals surface area contributed by atoms with Gasteiger partial charge in [-0.3, -0.25) is 19.5 Å². The van der Waals surface area contributed by atoms with E-state index in [1.165, 1.54) is 30.0 Å². The third-order valence-electron chi connectivity index (χ3n) is 7.31. The topological polar surface area (TPSA) is 64.0 Å². The van der Waals surface area contributed by atoms with Gasteiger partial charge in [-0.1, -0.05) is 35.5 Å². The van der Waals surface area contributed by atoms with Crippen molar-refractivity contribution in [2.24, 2.45) is 0 Å². The number of carbonyl (C=O) groups excluding carboxylic acids is 2. The highest BCUT2D eigenvalue weighted by atomic mass is 35.5. The largest absolute Gasteiger partial charge is 0.291 e. The molecule has 1 saturated heterocycles. The quantitative estimate of drug-likeness (QED) is 0.172. The van der Waals surface area contributed by atoms with Crippen LogP contribution in [-0.4, -0.2) is 20.7 Å². The third-order valence-corrected chi connectivity index (χ3v) is 9.51. The predicted octanol–water partition coefficient (Wildman–Crippen LogP) is 8.34. The lowest BCUT2D eigenvalue weighted by atomic mass is 9.83. The number of aryl methyl sites for hydroxylation is 2. The molecule has 3 aromatic carbocycles. The normalized spacial score (nSPS) is 17.5. The Kier molecular flexibility index (Phi) is 7.95. The maximum Gasteiger partial charge on any atom is 0.290 e. The molecule has 2 amide bonds. The van der Waals surface area contributed by atoms with Crippen LogP contribution in [0.4, 0.5) is 18.0 Å². The first-order chi connectivity index (χ1) is 20.2. The molecule has 2 aliphatic rings. The zero-order valence-electron chi connectivity index (χ0n) is 22.2. The molecule has 0 radical (unpaired) electrons.